The Morgan fingerprint density at radius 1 is 1.13 bits per heavy atom. The number of fused-ring (bicyclic) bond motifs is 3. The number of carbonyl (C=O) groups is 1. The highest BCUT2D eigenvalue weighted by molar-refractivity contribution is 5.82. The first-order valence-corrected chi connectivity index (χ1v) is 10.5. The molecule has 0 bridgehead atoms. The minimum absolute atomic E-state index is 0.258. The van der Waals surface area contributed by atoms with Crippen molar-refractivity contribution in [3.8, 4) is 11.1 Å². The lowest BCUT2D eigenvalue weighted by molar-refractivity contribution is -0.137. The van der Waals surface area contributed by atoms with E-state index in [0.29, 0.717) is 19.1 Å². The van der Waals surface area contributed by atoms with Crippen LogP contribution in [0, 0.1) is 5.92 Å². The number of carboxylic acid groups (broad SMARTS) is 1. The predicted molar refractivity (Wildman–Crippen MR) is 112 cm³/mol. The zero-order chi connectivity index (χ0) is 20.5. The summed E-state index contributed by atoms with van der Waals surface area (Å²) >= 11 is 0. The Morgan fingerprint density at radius 3 is 2.70 bits per heavy atom. The van der Waals surface area contributed by atoms with Gasteiger partial charge in [0.25, 0.3) is 0 Å². The highest BCUT2D eigenvalue weighted by atomic mass is 16.5. The molecule has 8 nitrogen and oxygen atoms in total. The Bertz CT molecular complexity index is 1050. The molecular formula is C22H25N5O3. The Balaban J connectivity index is 1.29. The third-order valence-electron chi connectivity index (χ3n) is 6.15. The maximum Gasteiger partial charge on any atom is 0.303 e. The fraction of sp³-hybridized carbons (Fsp3) is 0.455. The van der Waals surface area contributed by atoms with Crippen molar-refractivity contribution in [3.63, 3.8) is 0 Å². The second-order valence-electron chi connectivity index (χ2n) is 8.07. The number of nitrogens with zero attached hydrogens (tertiary/aromatic N) is 5. The maximum atomic E-state index is 10.8. The first kappa shape index (κ1) is 19.0. The fourth-order valence-electron chi connectivity index (χ4n) is 4.41. The lowest BCUT2D eigenvalue weighted by atomic mass is 9.92. The van der Waals surface area contributed by atoms with Gasteiger partial charge in [0.1, 0.15) is 12.4 Å². The van der Waals surface area contributed by atoms with Crippen LogP contribution >= 0.6 is 0 Å². The van der Waals surface area contributed by atoms with Gasteiger partial charge in [0.15, 0.2) is 0 Å². The number of hydrogen-bond donors (Lipinski definition) is 1. The second-order valence-corrected chi connectivity index (χ2v) is 8.07. The number of rotatable bonds is 5. The summed E-state index contributed by atoms with van der Waals surface area (Å²) in [6, 6.07) is 6.27. The van der Waals surface area contributed by atoms with Gasteiger partial charge >= 0.3 is 5.97 Å². The number of aliphatic carboxylic acids is 1. The first-order chi connectivity index (χ1) is 14.7. The van der Waals surface area contributed by atoms with Crippen LogP contribution in [0.25, 0.3) is 22.2 Å². The van der Waals surface area contributed by atoms with Gasteiger partial charge in [0.2, 0.25) is 5.95 Å². The smallest absolute Gasteiger partial charge is 0.303 e. The fourth-order valence-corrected chi connectivity index (χ4v) is 4.41. The predicted octanol–water partition coefficient (Wildman–Crippen LogP) is 3.10. The van der Waals surface area contributed by atoms with Gasteiger partial charge in [-0.15, -0.1) is 0 Å². The minimum atomic E-state index is -0.709. The highest BCUT2D eigenvalue weighted by Gasteiger charge is 2.21. The van der Waals surface area contributed by atoms with Crippen LogP contribution < -0.4 is 4.90 Å². The quantitative estimate of drug-likeness (QED) is 0.694. The molecule has 1 saturated heterocycles. The summed E-state index contributed by atoms with van der Waals surface area (Å²) < 4.78 is 7.74. The Kier molecular flexibility index (Phi) is 5.08. The van der Waals surface area contributed by atoms with Crippen molar-refractivity contribution in [3.05, 3.63) is 36.4 Å². The molecule has 2 aromatic heterocycles. The molecule has 0 amide bonds. The van der Waals surface area contributed by atoms with E-state index in [1.54, 1.807) is 0 Å². The first-order valence-electron chi connectivity index (χ1n) is 10.5. The Labute approximate surface area is 174 Å². The third kappa shape index (κ3) is 3.75. The summed E-state index contributed by atoms with van der Waals surface area (Å²) in [6.45, 7) is 3.86. The molecule has 0 spiro atoms. The van der Waals surface area contributed by atoms with Crippen LogP contribution in [-0.2, 0) is 22.7 Å². The van der Waals surface area contributed by atoms with Crippen molar-refractivity contribution in [2.75, 3.05) is 24.6 Å². The molecule has 0 aliphatic carbocycles. The van der Waals surface area contributed by atoms with Gasteiger partial charge in [-0.3, -0.25) is 4.79 Å². The van der Waals surface area contributed by atoms with Crippen LogP contribution in [0.4, 0.5) is 5.95 Å². The number of benzene rings is 1. The molecule has 156 valence electrons. The number of piperidine rings is 1. The molecule has 1 N–H and O–H groups in total. The monoisotopic (exact) mass is 407 g/mol. The molecule has 2 aliphatic heterocycles. The van der Waals surface area contributed by atoms with Crippen molar-refractivity contribution in [1.29, 1.82) is 0 Å². The molecule has 2 aliphatic rings. The summed E-state index contributed by atoms with van der Waals surface area (Å²) in [5.74, 6) is 1.50. The molecular weight excluding hydrogens is 382 g/mol. The summed E-state index contributed by atoms with van der Waals surface area (Å²) in [4.78, 5) is 26.8. The lowest BCUT2D eigenvalue weighted by Gasteiger charge is -2.31. The van der Waals surface area contributed by atoms with E-state index < -0.39 is 5.97 Å². The average molecular weight is 407 g/mol. The molecule has 0 saturated carbocycles. The Hall–Kier alpha value is -3.00. The molecule has 0 unspecified atom stereocenters. The number of anilines is 1. The van der Waals surface area contributed by atoms with E-state index in [4.69, 9.17) is 9.84 Å². The number of ether oxygens (including phenoxy) is 1. The molecule has 0 radical (unpaired) electrons. The van der Waals surface area contributed by atoms with Gasteiger partial charge < -0.3 is 19.3 Å². The topological polar surface area (TPSA) is 93.4 Å². The molecule has 0 atom stereocenters. The molecule has 3 aromatic rings. The summed E-state index contributed by atoms with van der Waals surface area (Å²) in [5.41, 5.74) is 4.18. The molecule has 1 aromatic carbocycles. The Morgan fingerprint density at radius 2 is 1.93 bits per heavy atom. The van der Waals surface area contributed by atoms with Gasteiger partial charge in [-0.25, -0.2) is 15.0 Å². The SMILES string of the molecule is O=C(O)CCC1CCN(c2ncc(-c3ccc4nc5n(c4c3)CCOC5)cn2)CC1. The molecule has 4 heterocycles. The van der Waals surface area contributed by atoms with Crippen LogP contribution in [-0.4, -0.2) is 50.3 Å². The van der Waals surface area contributed by atoms with Crippen LogP contribution in [0.5, 0.6) is 0 Å². The average Bonchev–Trinajstić information content (AvgIpc) is 3.16. The van der Waals surface area contributed by atoms with Gasteiger partial charge in [0.05, 0.1) is 17.6 Å². The van der Waals surface area contributed by atoms with Gasteiger partial charge in [0, 0.05) is 44.0 Å². The summed E-state index contributed by atoms with van der Waals surface area (Å²) in [6.07, 6.45) is 6.77. The molecule has 1 fully saturated rings. The maximum absolute atomic E-state index is 10.8. The van der Waals surface area contributed by atoms with E-state index in [9.17, 15) is 4.79 Å². The molecule has 30 heavy (non-hydrogen) atoms. The van der Waals surface area contributed by atoms with Crippen molar-refractivity contribution < 1.29 is 14.6 Å². The normalized spacial score (nSPS) is 17.3. The zero-order valence-electron chi connectivity index (χ0n) is 16.8. The zero-order valence-corrected chi connectivity index (χ0v) is 16.8. The molecule has 5 rings (SSSR count). The second kappa shape index (κ2) is 8.02. The van der Waals surface area contributed by atoms with Gasteiger partial charge in [-0.1, -0.05) is 6.07 Å². The highest BCUT2D eigenvalue weighted by Crippen LogP contribution is 2.28. The van der Waals surface area contributed by atoms with E-state index in [1.165, 1.54) is 0 Å². The van der Waals surface area contributed by atoms with Crippen LogP contribution in [0.2, 0.25) is 0 Å². The van der Waals surface area contributed by atoms with E-state index in [-0.39, 0.29) is 6.42 Å². The number of hydrogen-bond acceptors (Lipinski definition) is 6. The van der Waals surface area contributed by atoms with Crippen molar-refractivity contribution >= 4 is 23.0 Å². The van der Waals surface area contributed by atoms with Crippen molar-refractivity contribution in [2.45, 2.75) is 38.8 Å². The number of imidazole rings is 1. The van der Waals surface area contributed by atoms with Crippen molar-refractivity contribution in [1.82, 2.24) is 19.5 Å². The van der Waals surface area contributed by atoms with E-state index in [1.807, 2.05) is 18.5 Å². The van der Waals surface area contributed by atoms with E-state index in [2.05, 4.69) is 36.6 Å². The van der Waals surface area contributed by atoms with Gasteiger partial charge in [-0.2, -0.15) is 0 Å². The van der Waals surface area contributed by atoms with Crippen molar-refractivity contribution in [2.24, 2.45) is 5.92 Å². The summed E-state index contributed by atoms with van der Waals surface area (Å²) in [5, 5.41) is 8.86. The van der Waals surface area contributed by atoms with Gasteiger partial charge in [-0.05, 0) is 42.9 Å². The van der Waals surface area contributed by atoms with E-state index >= 15 is 0 Å². The largest absolute Gasteiger partial charge is 0.481 e. The molecule has 8 heteroatoms. The van der Waals surface area contributed by atoms with Crippen LogP contribution in [0.3, 0.4) is 0 Å². The van der Waals surface area contributed by atoms with E-state index in [0.717, 1.165) is 72.8 Å². The summed E-state index contributed by atoms with van der Waals surface area (Å²) in [7, 11) is 0. The van der Waals surface area contributed by atoms with Crippen LogP contribution in [0.1, 0.15) is 31.5 Å². The van der Waals surface area contributed by atoms with Crippen LogP contribution in [0.15, 0.2) is 30.6 Å². The lowest BCUT2D eigenvalue weighted by Crippen LogP contribution is -2.35. The standard InChI is InChI=1S/C22H25N5O3/c28-21(29)4-1-15-5-7-26(8-6-15)22-23-12-17(13-24-22)16-2-3-18-19(11-16)27-9-10-30-14-20(27)25-18/h2-3,11-13,15H,1,4-10,14H2,(H,28,29). The number of carboxylic acids is 1. The minimum Gasteiger partial charge on any atom is -0.481 e. The third-order valence-corrected chi connectivity index (χ3v) is 6.15. The number of aromatic nitrogens is 4.